The van der Waals surface area contributed by atoms with Gasteiger partial charge in [-0.05, 0) is 18.2 Å². The van der Waals surface area contributed by atoms with Crippen molar-refractivity contribution in [3.63, 3.8) is 0 Å². The van der Waals surface area contributed by atoms with E-state index in [1.165, 1.54) is 43.7 Å². The Hall–Kier alpha value is -3.29. The average molecular weight is 303 g/mol. The smallest absolute Gasteiger partial charge is 0.271 e. The second-order valence-corrected chi connectivity index (χ2v) is 4.27. The van der Waals surface area contributed by atoms with Gasteiger partial charge in [-0.3, -0.25) is 15.5 Å². The summed E-state index contributed by atoms with van der Waals surface area (Å²) < 4.78 is 4.91. The van der Waals surface area contributed by atoms with Gasteiger partial charge in [0.25, 0.3) is 5.69 Å². The molecule has 114 valence electrons. The number of benzene rings is 2. The lowest BCUT2D eigenvalue weighted by Crippen LogP contribution is -1.93. The normalized spacial score (nSPS) is 10.6. The first-order valence-electron chi connectivity index (χ1n) is 6.14. The highest BCUT2D eigenvalue weighted by Crippen LogP contribution is 2.35. The highest BCUT2D eigenvalue weighted by atomic mass is 16.6. The summed E-state index contributed by atoms with van der Waals surface area (Å²) in [5.41, 5.74) is 3.51. The highest BCUT2D eigenvalue weighted by molar-refractivity contribution is 5.82. The predicted octanol–water partition coefficient (Wildman–Crippen LogP) is 2.46. The number of non-ortho nitro benzene ring substituents is 1. The van der Waals surface area contributed by atoms with E-state index in [0.29, 0.717) is 11.3 Å². The van der Waals surface area contributed by atoms with Crippen LogP contribution in [0.25, 0.3) is 0 Å². The van der Waals surface area contributed by atoms with E-state index in [1.807, 2.05) is 0 Å². The van der Waals surface area contributed by atoms with Crippen LogP contribution in [-0.4, -0.2) is 28.5 Å². The Labute approximate surface area is 125 Å². The van der Waals surface area contributed by atoms with Crippen LogP contribution in [0.3, 0.4) is 0 Å². The number of anilines is 1. The molecule has 0 spiro atoms. The van der Waals surface area contributed by atoms with Gasteiger partial charge in [0, 0.05) is 17.7 Å². The van der Waals surface area contributed by atoms with Crippen LogP contribution in [-0.2, 0) is 0 Å². The quantitative estimate of drug-likeness (QED) is 0.338. The average Bonchev–Trinajstić information content (AvgIpc) is 2.51. The van der Waals surface area contributed by atoms with Crippen molar-refractivity contribution >= 4 is 17.6 Å². The second kappa shape index (κ2) is 6.44. The number of hydrogen-bond donors (Lipinski definition) is 3. The molecule has 8 heteroatoms. The highest BCUT2D eigenvalue weighted by Gasteiger charge is 2.08. The van der Waals surface area contributed by atoms with E-state index in [4.69, 9.17) is 4.74 Å². The molecule has 2 rings (SSSR count). The van der Waals surface area contributed by atoms with Gasteiger partial charge < -0.3 is 14.9 Å². The van der Waals surface area contributed by atoms with Gasteiger partial charge >= 0.3 is 0 Å². The molecular weight excluding hydrogens is 290 g/mol. The van der Waals surface area contributed by atoms with Gasteiger partial charge in [-0.2, -0.15) is 5.10 Å². The number of rotatable bonds is 5. The summed E-state index contributed by atoms with van der Waals surface area (Å²) in [6.45, 7) is 0. The van der Waals surface area contributed by atoms with Gasteiger partial charge in [-0.15, -0.1) is 0 Å². The summed E-state index contributed by atoms with van der Waals surface area (Å²) in [5, 5.41) is 33.6. The number of hydrogen-bond acceptors (Lipinski definition) is 7. The number of nitrogens with one attached hydrogen (secondary N) is 1. The monoisotopic (exact) mass is 303 g/mol. The summed E-state index contributed by atoms with van der Waals surface area (Å²) in [4.78, 5) is 10.2. The van der Waals surface area contributed by atoms with E-state index in [-0.39, 0.29) is 22.9 Å². The first kappa shape index (κ1) is 15.1. The number of phenols is 2. The molecule has 0 heterocycles. The molecule has 3 N–H and O–H groups in total. The summed E-state index contributed by atoms with van der Waals surface area (Å²) in [7, 11) is 1.36. The van der Waals surface area contributed by atoms with Crippen molar-refractivity contribution in [1.82, 2.24) is 0 Å². The summed E-state index contributed by atoms with van der Waals surface area (Å²) in [6.07, 6.45) is 1.38. The fourth-order valence-corrected chi connectivity index (χ4v) is 1.71. The lowest BCUT2D eigenvalue weighted by atomic mass is 10.2. The van der Waals surface area contributed by atoms with Gasteiger partial charge in [0.05, 0.1) is 23.9 Å². The van der Waals surface area contributed by atoms with E-state index >= 15 is 0 Å². The molecule has 0 aliphatic heterocycles. The molecular formula is C14H13N3O5. The zero-order valence-corrected chi connectivity index (χ0v) is 11.6. The number of nitrogens with zero attached hydrogens (tertiary/aromatic N) is 2. The van der Waals surface area contributed by atoms with Gasteiger partial charge in [0.1, 0.15) is 0 Å². The van der Waals surface area contributed by atoms with Crippen molar-refractivity contribution in [1.29, 1.82) is 0 Å². The fourth-order valence-electron chi connectivity index (χ4n) is 1.71. The summed E-state index contributed by atoms with van der Waals surface area (Å²) >= 11 is 0. The Morgan fingerprint density at radius 2 is 2.09 bits per heavy atom. The van der Waals surface area contributed by atoms with Crippen LogP contribution in [0, 0.1) is 10.1 Å². The second-order valence-electron chi connectivity index (χ2n) is 4.27. The van der Waals surface area contributed by atoms with Crippen LogP contribution >= 0.6 is 0 Å². The summed E-state index contributed by atoms with van der Waals surface area (Å²) in [5.74, 6) is -0.584. The van der Waals surface area contributed by atoms with Crippen molar-refractivity contribution in [3.8, 4) is 17.2 Å². The third-order valence-corrected chi connectivity index (χ3v) is 2.76. The van der Waals surface area contributed by atoms with Gasteiger partial charge in [0.2, 0.25) is 5.75 Å². The molecule has 22 heavy (non-hydrogen) atoms. The van der Waals surface area contributed by atoms with Gasteiger partial charge in [-0.1, -0.05) is 6.07 Å². The largest absolute Gasteiger partial charge is 0.504 e. The van der Waals surface area contributed by atoms with Crippen molar-refractivity contribution in [3.05, 3.63) is 52.1 Å². The van der Waals surface area contributed by atoms with E-state index in [1.54, 1.807) is 6.07 Å². The Balaban J connectivity index is 2.14. The lowest BCUT2D eigenvalue weighted by molar-refractivity contribution is -0.384. The standard InChI is InChI=1S/C14H13N3O5/c1-22-13-6-9(5-12(18)14(13)19)8-15-16-10-3-2-4-11(7-10)17(20)21/h2-8,16,18-19H,1H3/b15-8+. The van der Waals surface area contributed by atoms with Crippen LogP contribution in [0.15, 0.2) is 41.5 Å². The maximum absolute atomic E-state index is 10.7. The van der Waals surface area contributed by atoms with E-state index < -0.39 is 4.92 Å². The van der Waals surface area contributed by atoms with Crippen LogP contribution in [0.2, 0.25) is 0 Å². The minimum Gasteiger partial charge on any atom is -0.504 e. The molecule has 0 bridgehead atoms. The SMILES string of the molecule is COc1cc(/C=N/Nc2cccc([N+](=O)[O-])c2)cc(O)c1O. The minimum absolute atomic E-state index is 0.0517. The Morgan fingerprint density at radius 3 is 2.77 bits per heavy atom. The molecule has 2 aromatic rings. The Bertz CT molecular complexity index is 730. The molecule has 0 saturated carbocycles. The fraction of sp³-hybridized carbons (Fsp3) is 0.0714. The van der Waals surface area contributed by atoms with Crippen LogP contribution in [0.1, 0.15) is 5.56 Å². The molecule has 0 radical (unpaired) electrons. The molecule has 0 amide bonds. The molecule has 0 aliphatic carbocycles. The zero-order chi connectivity index (χ0) is 16.1. The van der Waals surface area contributed by atoms with Gasteiger partial charge in [0.15, 0.2) is 11.5 Å². The van der Waals surface area contributed by atoms with E-state index in [0.717, 1.165) is 0 Å². The molecule has 0 fully saturated rings. The van der Waals surface area contributed by atoms with E-state index in [2.05, 4.69) is 10.5 Å². The Morgan fingerprint density at radius 1 is 1.32 bits per heavy atom. The number of ether oxygens (including phenoxy) is 1. The molecule has 2 aromatic carbocycles. The third kappa shape index (κ3) is 3.42. The van der Waals surface area contributed by atoms with Crippen LogP contribution in [0.4, 0.5) is 11.4 Å². The van der Waals surface area contributed by atoms with Crippen molar-refractivity contribution in [2.75, 3.05) is 12.5 Å². The molecule has 0 aliphatic rings. The molecule has 8 nitrogen and oxygen atoms in total. The third-order valence-electron chi connectivity index (χ3n) is 2.76. The molecule has 0 saturated heterocycles. The first-order chi connectivity index (χ1) is 10.5. The number of aromatic hydroxyl groups is 2. The summed E-state index contributed by atoms with van der Waals surface area (Å²) in [6, 6.07) is 8.65. The number of nitro groups is 1. The molecule has 0 atom stereocenters. The maximum atomic E-state index is 10.7. The van der Waals surface area contributed by atoms with Crippen molar-refractivity contribution < 1.29 is 19.9 Å². The first-order valence-corrected chi connectivity index (χ1v) is 6.14. The van der Waals surface area contributed by atoms with Gasteiger partial charge in [-0.25, -0.2) is 0 Å². The minimum atomic E-state index is -0.502. The topological polar surface area (TPSA) is 117 Å². The number of phenolic OH excluding ortho intramolecular Hbond substituents is 2. The van der Waals surface area contributed by atoms with Crippen molar-refractivity contribution in [2.24, 2.45) is 5.10 Å². The number of methoxy groups -OCH3 is 1. The van der Waals surface area contributed by atoms with Crippen molar-refractivity contribution in [2.45, 2.75) is 0 Å². The van der Waals surface area contributed by atoms with E-state index in [9.17, 15) is 20.3 Å². The Kier molecular flexibility index (Phi) is 4.42. The maximum Gasteiger partial charge on any atom is 0.271 e. The van der Waals surface area contributed by atoms with Crippen LogP contribution < -0.4 is 10.2 Å². The number of hydrazone groups is 1. The predicted molar refractivity (Wildman–Crippen MR) is 80.6 cm³/mol. The zero-order valence-electron chi connectivity index (χ0n) is 11.6. The molecule has 0 unspecified atom stereocenters. The van der Waals surface area contributed by atoms with Crippen LogP contribution in [0.5, 0.6) is 17.2 Å². The molecule has 0 aromatic heterocycles. The number of nitro benzene ring substituents is 1. The lowest BCUT2D eigenvalue weighted by Gasteiger charge is -2.06.